The Bertz CT molecular complexity index is 950. The van der Waals surface area contributed by atoms with Gasteiger partial charge in [-0.15, -0.1) is 0 Å². The number of phosphoric ester groups is 1. The predicted octanol–water partition coefficient (Wildman–Crippen LogP) is 7.75. The highest BCUT2D eigenvalue weighted by Gasteiger charge is 2.32. The van der Waals surface area contributed by atoms with E-state index < -0.39 is 7.82 Å². The minimum absolute atomic E-state index is 0.187. The number of hydrogen-bond acceptors (Lipinski definition) is 3. The fourth-order valence-corrected chi connectivity index (χ4v) is 4.55. The molecule has 6 heteroatoms. The van der Waals surface area contributed by atoms with Crippen molar-refractivity contribution in [3.8, 4) is 11.5 Å². The molecule has 33 heavy (non-hydrogen) atoms. The maximum Gasteiger partial charge on any atom is 0.524 e. The van der Waals surface area contributed by atoms with Gasteiger partial charge in [0.15, 0.2) is 0 Å². The molecule has 1 aromatic carbocycles. The van der Waals surface area contributed by atoms with Crippen LogP contribution in [0.5, 0.6) is 11.5 Å². The zero-order valence-corrected chi connectivity index (χ0v) is 22.0. The summed E-state index contributed by atoms with van der Waals surface area (Å²) < 4.78 is 22.3. The summed E-state index contributed by atoms with van der Waals surface area (Å²) in [5.74, 6) is 1.00. The molecule has 1 aliphatic heterocycles. The topological polar surface area (TPSA) is 76.0 Å². The zero-order valence-electron chi connectivity index (χ0n) is 21.1. The summed E-state index contributed by atoms with van der Waals surface area (Å²) in [5.41, 5.74) is 5.79. The average molecular weight is 477 g/mol. The molecule has 0 amide bonds. The summed E-state index contributed by atoms with van der Waals surface area (Å²) in [5, 5.41) is 0. The first-order valence-electron chi connectivity index (χ1n) is 11.9. The molecule has 184 valence electrons. The molecule has 2 rings (SSSR count). The van der Waals surface area contributed by atoms with E-state index >= 15 is 0 Å². The van der Waals surface area contributed by atoms with Gasteiger partial charge >= 0.3 is 7.82 Å². The minimum Gasteiger partial charge on any atom is -0.487 e. The lowest BCUT2D eigenvalue weighted by Crippen LogP contribution is -2.36. The maximum absolute atomic E-state index is 11.1. The molecule has 1 aliphatic rings. The van der Waals surface area contributed by atoms with Gasteiger partial charge in [0.2, 0.25) is 0 Å². The van der Waals surface area contributed by atoms with Crippen molar-refractivity contribution in [3.05, 3.63) is 58.2 Å². The van der Waals surface area contributed by atoms with Gasteiger partial charge in [-0.1, -0.05) is 34.9 Å². The van der Waals surface area contributed by atoms with Gasteiger partial charge in [-0.25, -0.2) is 4.57 Å². The third-order valence-electron chi connectivity index (χ3n) is 6.11. The summed E-state index contributed by atoms with van der Waals surface area (Å²) in [6.45, 7) is 12.8. The van der Waals surface area contributed by atoms with Crippen LogP contribution in [-0.2, 0) is 11.0 Å². The predicted molar refractivity (Wildman–Crippen MR) is 136 cm³/mol. The Hall–Kier alpha value is -1.81. The van der Waals surface area contributed by atoms with Gasteiger partial charge in [0.1, 0.15) is 17.1 Å². The molecule has 1 atom stereocenters. The first kappa shape index (κ1) is 27.4. The molecule has 2 N–H and O–H groups in total. The number of benzene rings is 1. The van der Waals surface area contributed by atoms with Crippen molar-refractivity contribution in [2.75, 3.05) is 0 Å². The van der Waals surface area contributed by atoms with Crippen molar-refractivity contribution in [2.45, 2.75) is 98.5 Å². The van der Waals surface area contributed by atoms with E-state index in [1.54, 1.807) is 12.1 Å². The van der Waals surface area contributed by atoms with Crippen LogP contribution < -0.4 is 9.26 Å². The van der Waals surface area contributed by atoms with E-state index in [1.165, 1.54) is 16.7 Å². The normalized spacial score (nSPS) is 19.0. The third-order valence-corrected chi connectivity index (χ3v) is 6.56. The quantitative estimate of drug-likeness (QED) is 0.252. The molecular weight excluding hydrogens is 435 g/mol. The van der Waals surface area contributed by atoms with Gasteiger partial charge in [0.05, 0.1) is 0 Å². The number of rotatable bonds is 11. The van der Waals surface area contributed by atoms with Crippen molar-refractivity contribution in [1.82, 2.24) is 0 Å². The molecule has 0 saturated heterocycles. The maximum atomic E-state index is 11.1. The van der Waals surface area contributed by atoms with Crippen LogP contribution in [0, 0.1) is 6.92 Å². The summed E-state index contributed by atoms with van der Waals surface area (Å²) in [4.78, 5) is 18.1. The summed E-state index contributed by atoms with van der Waals surface area (Å²) in [6.07, 6.45) is 15.0. The molecule has 0 radical (unpaired) electrons. The Labute approximate surface area is 199 Å². The van der Waals surface area contributed by atoms with E-state index in [0.29, 0.717) is 0 Å². The van der Waals surface area contributed by atoms with Crippen LogP contribution in [0.4, 0.5) is 0 Å². The van der Waals surface area contributed by atoms with E-state index in [0.717, 1.165) is 68.2 Å². The first-order valence-corrected chi connectivity index (χ1v) is 13.4. The molecule has 0 bridgehead atoms. The number of ether oxygens (including phenoxy) is 1. The smallest absolute Gasteiger partial charge is 0.487 e. The first-order chi connectivity index (χ1) is 15.4. The monoisotopic (exact) mass is 476 g/mol. The van der Waals surface area contributed by atoms with Gasteiger partial charge in [0, 0.05) is 0 Å². The Morgan fingerprint density at radius 3 is 2.27 bits per heavy atom. The molecule has 1 aromatic rings. The van der Waals surface area contributed by atoms with Gasteiger partial charge in [0.25, 0.3) is 0 Å². The highest BCUT2D eigenvalue weighted by molar-refractivity contribution is 7.46. The van der Waals surface area contributed by atoms with Crippen LogP contribution in [0.2, 0.25) is 0 Å². The van der Waals surface area contributed by atoms with Gasteiger partial charge < -0.3 is 9.26 Å². The van der Waals surface area contributed by atoms with Crippen molar-refractivity contribution in [1.29, 1.82) is 0 Å². The molecule has 0 aromatic heterocycles. The molecule has 0 fully saturated rings. The van der Waals surface area contributed by atoms with Crippen molar-refractivity contribution >= 4 is 7.82 Å². The Morgan fingerprint density at radius 2 is 1.67 bits per heavy atom. The Morgan fingerprint density at radius 1 is 1.06 bits per heavy atom. The molecule has 1 heterocycles. The average Bonchev–Trinajstić information content (AvgIpc) is 2.67. The Balaban J connectivity index is 1.86. The van der Waals surface area contributed by atoms with Gasteiger partial charge in [-0.2, -0.15) is 0 Å². The lowest BCUT2D eigenvalue weighted by atomic mass is 9.87. The Kier molecular flexibility index (Phi) is 10.0. The zero-order chi connectivity index (χ0) is 24.6. The van der Waals surface area contributed by atoms with Crippen LogP contribution in [0.15, 0.2) is 47.1 Å². The lowest BCUT2D eigenvalue weighted by Gasteiger charge is -2.37. The SMILES string of the molecule is CC(C)=CCC/C(C)=C/CC/C(C)=C/CCC1(C)CCc2cc(OP(=O)(O)O)cc(C)c2O1. The molecule has 0 saturated carbocycles. The summed E-state index contributed by atoms with van der Waals surface area (Å²) >= 11 is 0. The van der Waals surface area contributed by atoms with Gasteiger partial charge in [-0.3, -0.25) is 9.79 Å². The lowest BCUT2D eigenvalue weighted by molar-refractivity contribution is 0.0562. The standard InChI is InChI=1S/C27H41O5P/c1-20(2)10-7-11-21(3)12-8-13-22(4)14-9-16-27(6)17-15-24-19-25(32-33(28,29)30)18-23(5)26(24)31-27/h10,12,14,18-19H,7-9,11,13,15-17H2,1-6H3,(H2,28,29,30)/b21-12+,22-14+. The second kappa shape index (κ2) is 12.1. The number of fused-ring (bicyclic) bond motifs is 1. The molecule has 0 aliphatic carbocycles. The highest BCUT2D eigenvalue weighted by Crippen LogP contribution is 2.43. The summed E-state index contributed by atoms with van der Waals surface area (Å²) in [6, 6.07) is 3.31. The third kappa shape index (κ3) is 9.92. The second-order valence-electron chi connectivity index (χ2n) is 9.86. The number of allylic oxidation sites excluding steroid dienone is 6. The second-order valence-corrected chi connectivity index (χ2v) is 11.0. The van der Waals surface area contributed by atoms with Crippen LogP contribution in [-0.4, -0.2) is 15.4 Å². The number of aryl methyl sites for hydroxylation is 2. The van der Waals surface area contributed by atoms with Crippen LogP contribution >= 0.6 is 7.82 Å². The van der Waals surface area contributed by atoms with E-state index in [-0.39, 0.29) is 11.4 Å². The van der Waals surface area contributed by atoms with Crippen molar-refractivity contribution in [3.63, 3.8) is 0 Å². The number of hydrogen-bond donors (Lipinski definition) is 2. The van der Waals surface area contributed by atoms with E-state index in [2.05, 4.69) is 52.8 Å². The van der Waals surface area contributed by atoms with Crippen LogP contribution in [0.3, 0.4) is 0 Å². The van der Waals surface area contributed by atoms with E-state index in [4.69, 9.17) is 19.0 Å². The van der Waals surface area contributed by atoms with Gasteiger partial charge in [-0.05, 0) is 116 Å². The van der Waals surface area contributed by atoms with E-state index in [9.17, 15) is 4.57 Å². The van der Waals surface area contributed by atoms with Crippen LogP contribution in [0.1, 0.15) is 90.7 Å². The molecule has 1 unspecified atom stereocenters. The molecule has 5 nitrogen and oxygen atoms in total. The molecular formula is C27H41O5P. The minimum atomic E-state index is -4.57. The fourth-order valence-electron chi connectivity index (χ4n) is 4.17. The van der Waals surface area contributed by atoms with Crippen molar-refractivity contribution in [2.24, 2.45) is 0 Å². The highest BCUT2D eigenvalue weighted by atomic mass is 31.2. The fraction of sp³-hybridized carbons (Fsp3) is 0.556. The molecule has 0 spiro atoms. The van der Waals surface area contributed by atoms with Crippen LogP contribution in [0.25, 0.3) is 0 Å². The van der Waals surface area contributed by atoms with Crippen molar-refractivity contribution < 1.29 is 23.6 Å². The number of phosphoric acid groups is 1. The largest absolute Gasteiger partial charge is 0.524 e. The van der Waals surface area contributed by atoms with E-state index in [1.807, 2.05) is 6.92 Å². The summed E-state index contributed by atoms with van der Waals surface area (Å²) in [7, 11) is -4.57.